The van der Waals surface area contributed by atoms with Crippen molar-refractivity contribution in [3.05, 3.63) is 35.4 Å². The van der Waals surface area contributed by atoms with Crippen molar-refractivity contribution in [2.24, 2.45) is 0 Å². The summed E-state index contributed by atoms with van der Waals surface area (Å²) in [4.78, 5) is 30.9. The van der Waals surface area contributed by atoms with Gasteiger partial charge in [-0.05, 0) is 24.0 Å². The van der Waals surface area contributed by atoms with Crippen molar-refractivity contribution in [1.29, 1.82) is 0 Å². The van der Waals surface area contributed by atoms with Crippen LogP contribution in [0.5, 0.6) is 0 Å². The van der Waals surface area contributed by atoms with Gasteiger partial charge in [0.1, 0.15) is 0 Å². The molecule has 1 aromatic rings. The minimum absolute atomic E-state index is 0.167. The lowest BCUT2D eigenvalue weighted by molar-refractivity contribution is -0.140. The SMILES string of the molecule is CCc1ccc(CCC(=O)N2CCN(C(=O)CN3CCOCC3)CC2)cc1. The average Bonchev–Trinajstić information content (AvgIpc) is 2.73. The van der Waals surface area contributed by atoms with E-state index in [9.17, 15) is 9.59 Å². The minimum atomic E-state index is 0.167. The van der Waals surface area contributed by atoms with Crippen LogP contribution < -0.4 is 0 Å². The minimum Gasteiger partial charge on any atom is -0.379 e. The van der Waals surface area contributed by atoms with Crippen molar-refractivity contribution in [1.82, 2.24) is 14.7 Å². The third-order valence-electron chi connectivity index (χ3n) is 5.51. The second kappa shape index (κ2) is 9.85. The fourth-order valence-corrected chi connectivity index (χ4v) is 3.61. The summed E-state index contributed by atoms with van der Waals surface area (Å²) in [5.41, 5.74) is 2.53. The third kappa shape index (κ3) is 5.78. The third-order valence-corrected chi connectivity index (χ3v) is 5.51. The van der Waals surface area contributed by atoms with E-state index in [-0.39, 0.29) is 11.8 Å². The van der Waals surface area contributed by atoms with Crippen LogP contribution in [0.2, 0.25) is 0 Å². The molecule has 0 atom stereocenters. The van der Waals surface area contributed by atoms with Gasteiger partial charge >= 0.3 is 0 Å². The first kappa shape index (κ1) is 19.8. The van der Waals surface area contributed by atoms with Crippen molar-refractivity contribution in [2.45, 2.75) is 26.2 Å². The van der Waals surface area contributed by atoms with Crippen LogP contribution in [0.4, 0.5) is 0 Å². The second-order valence-corrected chi connectivity index (χ2v) is 7.32. The molecule has 148 valence electrons. The van der Waals surface area contributed by atoms with Crippen molar-refractivity contribution in [2.75, 3.05) is 59.0 Å². The summed E-state index contributed by atoms with van der Waals surface area (Å²) in [6, 6.07) is 8.51. The Morgan fingerprint density at radius 2 is 1.41 bits per heavy atom. The Morgan fingerprint density at radius 3 is 2.00 bits per heavy atom. The molecule has 2 amide bonds. The first-order chi connectivity index (χ1) is 13.2. The molecule has 0 unspecified atom stereocenters. The van der Waals surface area contributed by atoms with Crippen LogP contribution in [0, 0.1) is 0 Å². The van der Waals surface area contributed by atoms with E-state index in [1.54, 1.807) is 0 Å². The zero-order chi connectivity index (χ0) is 19.1. The van der Waals surface area contributed by atoms with E-state index >= 15 is 0 Å². The number of morpholine rings is 1. The maximum absolute atomic E-state index is 12.5. The smallest absolute Gasteiger partial charge is 0.236 e. The van der Waals surface area contributed by atoms with Gasteiger partial charge in [-0.1, -0.05) is 31.2 Å². The molecule has 1 aromatic carbocycles. The van der Waals surface area contributed by atoms with Gasteiger partial charge in [-0.25, -0.2) is 0 Å². The van der Waals surface area contributed by atoms with Crippen LogP contribution in [0.15, 0.2) is 24.3 Å². The van der Waals surface area contributed by atoms with Crippen molar-refractivity contribution in [3.8, 4) is 0 Å². The fraction of sp³-hybridized carbons (Fsp3) is 0.619. The van der Waals surface area contributed by atoms with Crippen LogP contribution in [-0.4, -0.2) is 85.5 Å². The van der Waals surface area contributed by atoms with Crippen LogP contribution in [0.3, 0.4) is 0 Å². The van der Waals surface area contributed by atoms with E-state index in [0.29, 0.717) is 52.4 Å². The molecule has 0 aromatic heterocycles. The van der Waals surface area contributed by atoms with E-state index < -0.39 is 0 Å². The van der Waals surface area contributed by atoms with Crippen LogP contribution in [-0.2, 0) is 27.2 Å². The number of ether oxygens (including phenoxy) is 1. The molecule has 6 nitrogen and oxygen atoms in total. The normalized spacial score (nSPS) is 18.6. The lowest BCUT2D eigenvalue weighted by Crippen LogP contribution is -2.53. The molecule has 0 N–H and O–H groups in total. The highest BCUT2D eigenvalue weighted by Crippen LogP contribution is 2.10. The highest BCUT2D eigenvalue weighted by atomic mass is 16.5. The number of carbonyl (C=O) groups excluding carboxylic acids is 2. The number of rotatable bonds is 6. The topological polar surface area (TPSA) is 53.1 Å². The number of hydrogen-bond donors (Lipinski definition) is 0. The van der Waals surface area contributed by atoms with Crippen molar-refractivity contribution in [3.63, 3.8) is 0 Å². The van der Waals surface area contributed by atoms with Crippen molar-refractivity contribution >= 4 is 11.8 Å². The van der Waals surface area contributed by atoms with E-state index in [4.69, 9.17) is 4.74 Å². The van der Waals surface area contributed by atoms with E-state index in [2.05, 4.69) is 36.1 Å². The lowest BCUT2D eigenvalue weighted by atomic mass is 10.1. The van der Waals surface area contributed by atoms with E-state index in [0.717, 1.165) is 25.9 Å². The van der Waals surface area contributed by atoms with Crippen molar-refractivity contribution < 1.29 is 14.3 Å². The largest absolute Gasteiger partial charge is 0.379 e. The van der Waals surface area contributed by atoms with Gasteiger partial charge in [0.15, 0.2) is 0 Å². The van der Waals surface area contributed by atoms with E-state index in [1.807, 2.05) is 9.80 Å². The average molecular weight is 373 g/mol. The number of aryl methyl sites for hydroxylation is 2. The molecule has 2 aliphatic rings. The quantitative estimate of drug-likeness (QED) is 0.752. The molecule has 2 fully saturated rings. The molecule has 27 heavy (non-hydrogen) atoms. The first-order valence-electron chi connectivity index (χ1n) is 10.1. The molecule has 0 radical (unpaired) electrons. The fourth-order valence-electron chi connectivity index (χ4n) is 3.61. The Morgan fingerprint density at radius 1 is 0.852 bits per heavy atom. The highest BCUT2D eigenvalue weighted by molar-refractivity contribution is 5.79. The van der Waals surface area contributed by atoms with Crippen LogP contribution >= 0.6 is 0 Å². The molecular weight excluding hydrogens is 342 g/mol. The van der Waals surface area contributed by atoms with Gasteiger partial charge in [0.2, 0.25) is 11.8 Å². The summed E-state index contributed by atoms with van der Waals surface area (Å²) in [6.45, 7) is 8.22. The molecule has 2 aliphatic heterocycles. The standard InChI is InChI=1S/C21H31N3O3/c1-2-18-3-5-19(6-4-18)7-8-20(25)23-9-11-24(12-10-23)21(26)17-22-13-15-27-16-14-22/h3-6H,2,7-17H2,1H3. The molecule has 0 aliphatic carbocycles. The molecule has 2 saturated heterocycles. The molecule has 6 heteroatoms. The van der Waals surface area contributed by atoms with Gasteiger partial charge in [-0.15, -0.1) is 0 Å². The maximum atomic E-state index is 12.5. The second-order valence-electron chi connectivity index (χ2n) is 7.32. The molecule has 0 spiro atoms. The van der Waals surface area contributed by atoms with Gasteiger partial charge in [-0.3, -0.25) is 14.5 Å². The highest BCUT2D eigenvalue weighted by Gasteiger charge is 2.25. The summed E-state index contributed by atoms with van der Waals surface area (Å²) in [5, 5.41) is 0. The zero-order valence-corrected chi connectivity index (χ0v) is 16.4. The summed E-state index contributed by atoms with van der Waals surface area (Å²) in [6.07, 6.45) is 2.35. The summed E-state index contributed by atoms with van der Waals surface area (Å²) in [7, 11) is 0. The number of hydrogen-bond acceptors (Lipinski definition) is 4. The molecule has 2 heterocycles. The number of piperazine rings is 1. The van der Waals surface area contributed by atoms with Gasteiger partial charge in [0, 0.05) is 45.7 Å². The van der Waals surface area contributed by atoms with E-state index in [1.165, 1.54) is 11.1 Å². The predicted molar refractivity (Wildman–Crippen MR) is 105 cm³/mol. The molecule has 0 saturated carbocycles. The summed E-state index contributed by atoms with van der Waals surface area (Å²) < 4.78 is 5.32. The van der Waals surface area contributed by atoms with Gasteiger partial charge in [0.05, 0.1) is 19.8 Å². The molecular formula is C21H31N3O3. The maximum Gasteiger partial charge on any atom is 0.236 e. The molecule has 0 bridgehead atoms. The monoisotopic (exact) mass is 373 g/mol. The Balaban J connectivity index is 1.38. The number of amides is 2. The van der Waals surface area contributed by atoms with Gasteiger partial charge in [-0.2, -0.15) is 0 Å². The lowest BCUT2D eigenvalue weighted by Gasteiger charge is -2.36. The number of carbonyl (C=O) groups is 2. The predicted octanol–water partition coefficient (Wildman–Crippen LogP) is 1.18. The van der Waals surface area contributed by atoms with Crippen LogP contribution in [0.1, 0.15) is 24.5 Å². The van der Waals surface area contributed by atoms with Gasteiger partial charge < -0.3 is 14.5 Å². The molecule has 3 rings (SSSR count). The zero-order valence-electron chi connectivity index (χ0n) is 16.4. The summed E-state index contributed by atoms with van der Waals surface area (Å²) >= 11 is 0. The Bertz CT molecular complexity index is 618. The first-order valence-corrected chi connectivity index (χ1v) is 10.1. The van der Waals surface area contributed by atoms with Gasteiger partial charge in [0.25, 0.3) is 0 Å². The Hall–Kier alpha value is -1.92. The number of nitrogens with zero attached hydrogens (tertiary/aromatic N) is 3. The Labute approximate surface area is 162 Å². The number of benzene rings is 1. The Kier molecular flexibility index (Phi) is 7.24. The summed E-state index contributed by atoms with van der Waals surface area (Å²) in [5.74, 6) is 0.356. The van der Waals surface area contributed by atoms with Crippen LogP contribution in [0.25, 0.3) is 0 Å².